The molecule has 1 aromatic heterocycles. The standard InChI is InChI=1S/C27H29ClF3N5O3/c1-17(27(29,30)31)39-26(38)34(2)23-16-36(15-22(23)19-4-6-21(28)7-5-19)25(37)20-9-11-35(12-10-20)24-8-3-18(13-32)14-33-24/h3-8,14,17,20,22-23H,9-12,15-16H2,1-2H3/t17?,22-,23+/m0/s1. The lowest BCUT2D eigenvalue weighted by Gasteiger charge is -2.34. The van der Waals surface area contributed by atoms with E-state index in [1.54, 1.807) is 41.3 Å². The number of piperidine rings is 1. The number of halogens is 4. The molecule has 1 aromatic carbocycles. The summed E-state index contributed by atoms with van der Waals surface area (Å²) in [6, 6.07) is 12.0. The van der Waals surface area contributed by atoms with Gasteiger partial charge in [0.05, 0.1) is 11.6 Å². The third-order valence-corrected chi connectivity index (χ3v) is 7.72. The summed E-state index contributed by atoms with van der Waals surface area (Å²) >= 11 is 6.04. The molecule has 2 aromatic rings. The third-order valence-electron chi connectivity index (χ3n) is 7.47. The highest BCUT2D eigenvalue weighted by molar-refractivity contribution is 6.30. The van der Waals surface area contributed by atoms with Crippen LogP contribution in [0.5, 0.6) is 0 Å². The highest BCUT2D eigenvalue weighted by Crippen LogP contribution is 2.34. The van der Waals surface area contributed by atoms with Crippen molar-refractivity contribution in [2.75, 3.05) is 38.1 Å². The van der Waals surface area contributed by atoms with Crippen LogP contribution in [0.2, 0.25) is 5.02 Å². The summed E-state index contributed by atoms with van der Waals surface area (Å²) in [4.78, 5) is 35.5. The van der Waals surface area contributed by atoms with Crippen molar-refractivity contribution in [2.24, 2.45) is 5.92 Å². The molecule has 3 heterocycles. The van der Waals surface area contributed by atoms with Crippen molar-refractivity contribution in [3.05, 3.63) is 58.7 Å². The number of nitrogens with zero attached hydrogens (tertiary/aromatic N) is 5. The molecule has 0 radical (unpaired) electrons. The molecule has 2 aliphatic rings. The van der Waals surface area contributed by atoms with Gasteiger partial charge in [0.15, 0.2) is 6.10 Å². The smallest absolute Gasteiger partial charge is 0.425 e. The average molecular weight is 564 g/mol. The Kier molecular flexibility index (Phi) is 8.54. The summed E-state index contributed by atoms with van der Waals surface area (Å²) in [6.45, 7) is 2.51. The molecular weight excluding hydrogens is 535 g/mol. The van der Waals surface area contributed by atoms with Crippen LogP contribution in [0.15, 0.2) is 42.6 Å². The van der Waals surface area contributed by atoms with Crippen LogP contribution in [0.1, 0.15) is 36.8 Å². The van der Waals surface area contributed by atoms with Crippen LogP contribution in [0.3, 0.4) is 0 Å². The summed E-state index contributed by atoms with van der Waals surface area (Å²) in [6.07, 6.45) is -5.29. The maximum atomic E-state index is 13.6. The number of hydrogen-bond donors (Lipinski definition) is 0. The quantitative estimate of drug-likeness (QED) is 0.517. The van der Waals surface area contributed by atoms with E-state index in [-0.39, 0.29) is 24.3 Å². The molecule has 39 heavy (non-hydrogen) atoms. The highest BCUT2D eigenvalue weighted by Gasteiger charge is 2.44. The van der Waals surface area contributed by atoms with Gasteiger partial charge in [-0.25, -0.2) is 9.78 Å². The second-order valence-electron chi connectivity index (χ2n) is 9.93. The predicted molar refractivity (Wildman–Crippen MR) is 138 cm³/mol. The number of hydrogen-bond acceptors (Lipinski definition) is 6. The number of ether oxygens (including phenoxy) is 1. The molecule has 12 heteroatoms. The summed E-state index contributed by atoms with van der Waals surface area (Å²) in [5, 5.41) is 9.49. The number of benzene rings is 1. The van der Waals surface area contributed by atoms with E-state index in [1.165, 1.54) is 13.2 Å². The van der Waals surface area contributed by atoms with Gasteiger partial charge in [0.2, 0.25) is 5.91 Å². The predicted octanol–water partition coefficient (Wildman–Crippen LogP) is 4.84. The van der Waals surface area contributed by atoms with Crippen LogP contribution in [-0.4, -0.2) is 78.3 Å². The molecule has 208 valence electrons. The van der Waals surface area contributed by atoms with E-state index in [4.69, 9.17) is 16.9 Å². The van der Waals surface area contributed by atoms with Crippen LogP contribution >= 0.6 is 11.6 Å². The van der Waals surface area contributed by atoms with Crippen molar-refractivity contribution >= 4 is 29.4 Å². The van der Waals surface area contributed by atoms with Crippen LogP contribution in [0, 0.1) is 17.2 Å². The second-order valence-corrected chi connectivity index (χ2v) is 10.4. The Hall–Kier alpha value is -3.52. The summed E-state index contributed by atoms with van der Waals surface area (Å²) in [7, 11) is 1.40. The van der Waals surface area contributed by atoms with Crippen LogP contribution < -0.4 is 4.90 Å². The number of amides is 2. The minimum Gasteiger partial charge on any atom is -0.437 e. The van der Waals surface area contributed by atoms with E-state index in [1.807, 2.05) is 6.07 Å². The minimum atomic E-state index is -4.67. The van der Waals surface area contributed by atoms with Gasteiger partial charge in [-0.3, -0.25) is 4.79 Å². The van der Waals surface area contributed by atoms with E-state index >= 15 is 0 Å². The first-order valence-corrected chi connectivity index (χ1v) is 13.0. The van der Waals surface area contributed by atoms with E-state index in [0.29, 0.717) is 43.1 Å². The molecule has 0 bridgehead atoms. The molecule has 0 spiro atoms. The first-order chi connectivity index (χ1) is 18.5. The lowest BCUT2D eigenvalue weighted by atomic mass is 9.93. The molecule has 2 saturated heterocycles. The Morgan fingerprint density at radius 3 is 2.38 bits per heavy atom. The van der Waals surface area contributed by atoms with Gasteiger partial charge in [-0.2, -0.15) is 18.4 Å². The van der Waals surface area contributed by atoms with Gasteiger partial charge in [0.1, 0.15) is 11.9 Å². The van der Waals surface area contributed by atoms with Crippen LogP contribution in [-0.2, 0) is 9.53 Å². The van der Waals surface area contributed by atoms with Gasteiger partial charge < -0.3 is 19.4 Å². The maximum absolute atomic E-state index is 13.6. The number of aromatic nitrogens is 1. The number of pyridine rings is 1. The topological polar surface area (TPSA) is 89.8 Å². The second kappa shape index (κ2) is 11.7. The molecule has 8 nitrogen and oxygen atoms in total. The monoisotopic (exact) mass is 563 g/mol. The van der Waals surface area contributed by atoms with Crippen molar-refractivity contribution < 1.29 is 27.5 Å². The zero-order valence-corrected chi connectivity index (χ0v) is 22.3. The number of anilines is 1. The minimum absolute atomic E-state index is 0.0469. The van der Waals surface area contributed by atoms with Gasteiger partial charge in [-0.1, -0.05) is 23.7 Å². The molecule has 2 fully saturated rings. The first kappa shape index (κ1) is 28.5. The lowest BCUT2D eigenvalue weighted by Crippen LogP contribution is -2.46. The van der Waals surface area contributed by atoms with Crippen molar-refractivity contribution in [2.45, 2.75) is 44.0 Å². The molecule has 3 atom stereocenters. The number of carbonyl (C=O) groups excluding carboxylic acids is 2. The fraction of sp³-hybridized carbons (Fsp3) is 0.481. The van der Waals surface area contributed by atoms with E-state index in [0.717, 1.165) is 23.2 Å². The Morgan fingerprint density at radius 2 is 1.82 bits per heavy atom. The van der Waals surface area contributed by atoms with E-state index in [9.17, 15) is 22.8 Å². The van der Waals surface area contributed by atoms with Crippen LogP contribution in [0.4, 0.5) is 23.8 Å². The normalized spacial score (nSPS) is 20.8. The van der Waals surface area contributed by atoms with Gasteiger partial charge in [0.25, 0.3) is 0 Å². The highest BCUT2D eigenvalue weighted by atomic mass is 35.5. The van der Waals surface area contributed by atoms with Gasteiger partial charge >= 0.3 is 12.3 Å². The number of likely N-dealkylation sites (N-methyl/N-ethyl adjacent to an activating group) is 1. The SMILES string of the molecule is CC(OC(=O)N(C)[C@@H]1CN(C(=O)C2CCN(c3ccc(C#N)cn3)CC2)C[C@H]1c1ccc(Cl)cc1)C(F)(F)F. The van der Waals surface area contributed by atoms with Crippen molar-refractivity contribution in [1.29, 1.82) is 5.26 Å². The number of likely N-dealkylation sites (tertiary alicyclic amines) is 1. The zero-order valence-electron chi connectivity index (χ0n) is 21.6. The molecule has 0 N–H and O–H groups in total. The van der Waals surface area contributed by atoms with Gasteiger partial charge in [0, 0.05) is 56.3 Å². The molecule has 4 rings (SSSR count). The van der Waals surface area contributed by atoms with Gasteiger partial charge in [-0.15, -0.1) is 0 Å². The lowest BCUT2D eigenvalue weighted by molar-refractivity contribution is -0.199. The van der Waals surface area contributed by atoms with E-state index in [2.05, 4.69) is 14.6 Å². The molecule has 2 aliphatic heterocycles. The molecule has 1 unspecified atom stereocenters. The van der Waals surface area contributed by atoms with Crippen molar-refractivity contribution in [3.63, 3.8) is 0 Å². The maximum Gasteiger partial charge on any atom is 0.425 e. The molecule has 0 aliphatic carbocycles. The number of carbonyl (C=O) groups is 2. The zero-order chi connectivity index (χ0) is 28.3. The fourth-order valence-corrected chi connectivity index (χ4v) is 5.21. The number of alkyl halides is 3. The van der Waals surface area contributed by atoms with Crippen molar-refractivity contribution in [3.8, 4) is 6.07 Å². The van der Waals surface area contributed by atoms with Crippen molar-refractivity contribution in [1.82, 2.24) is 14.8 Å². The Bertz CT molecular complexity index is 1210. The fourth-order valence-electron chi connectivity index (χ4n) is 5.09. The Balaban J connectivity index is 1.45. The third kappa shape index (κ3) is 6.56. The summed E-state index contributed by atoms with van der Waals surface area (Å²) in [5.74, 6) is 0.145. The largest absolute Gasteiger partial charge is 0.437 e. The average Bonchev–Trinajstić information content (AvgIpc) is 3.37. The molecule has 0 saturated carbocycles. The Labute approximate surface area is 229 Å². The first-order valence-electron chi connectivity index (χ1n) is 12.6. The number of nitriles is 1. The summed E-state index contributed by atoms with van der Waals surface area (Å²) in [5.41, 5.74) is 1.30. The Morgan fingerprint density at radius 1 is 1.15 bits per heavy atom. The van der Waals surface area contributed by atoms with Gasteiger partial charge in [-0.05, 0) is 49.6 Å². The van der Waals surface area contributed by atoms with E-state index < -0.39 is 24.4 Å². The molecular formula is C27H29ClF3N5O3. The van der Waals surface area contributed by atoms with Crippen LogP contribution in [0.25, 0.3) is 0 Å². The summed E-state index contributed by atoms with van der Waals surface area (Å²) < 4.78 is 43.7. The molecule has 2 amide bonds. The number of rotatable bonds is 5.